The molecule has 2 heterocycles. The molecule has 0 atom stereocenters. The number of amides is 1. The van der Waals surface area contributed by atoms with Gasteiger partial charge in [-0.3, -0.25) is 9.78 Å². The van der Waals surface area contributed by atoms with Crippen LogP contribution in [0, 0.1) is 0 Å². The van der Waals surface area contributed by atoms with Crippen LogP contribution in [0.5, 0.6) is 0 Å². The van der Waals surface area contributed by atoms with Crippen LogP contribution in [0.2, 0.25) is 10.0 Å². The molecule has 3 rings (SSSR count). The third kappa shape index (κ3) is 4.43. The Kier molecular flexibility index (Phi) is 5.42. The van der Waals surface area contributed by atoms with Crippen LogP contribution in [0.3, 0.4) is 0 Å². The number of hydrogen-bond donors (Lipinski definition) is 2. The highest BCUT2D eigenvalue weighted by atomic mass is 35.5. The number of pyridine rings is 1. The number of benzene rings is 1. The molecule has 0 unspecified atom stereocenters. The number of hydrogen-bond acceptors (Lipinski definition) is 5. The summed E-state index contributed by atoms with van der Waals surface area (Å²) >= 11 is 12.1. The minimum absolute atomic E-state index is 0.294. The van der Waals surface area contributed by atoms with Crippen molar-refractivity contribution < 1.29 is 4.79 Å². The first-order chi connectivity index (χ1) is 12.1. The number of carbonyl (C=O) groups excluding carboxylic acids is 1. The predicted octanol–water partition coefficient (Wildman–Crippen LogP) is 4.04. The van der Waals surface area contributed by atoms with Gasteiger partial charge in [-0.15, -0.1) is 0 Å². The van der Waals surface area contributed by atoms with E-state index < -0.39 is 5.91 Å². The molecule has 0 bridgehead atoms. The predicted molar refractivity (Wildman–Crippen MR) is 98.0 cm³/mol. The van der Waals surface area contributed by atoms with Crippen molar-refractivity contribution in [3.63, 3.8) is 0 Å². The van der Waals surface area contributed by atoms with Crippen molar-refractivity contribution in [2.75, 3.05) is 10.6 Å². The topological polar surface area (TPSA) is 79.8 Å². The molecule has 0 aliphatic rings. The van der Waals surface area contributed by atoms with Gasteiger partial charge in [0.25, 0.3) is 5.91 Å². The van der Waals surface area contributed by atoms with Crippen LogP contribution in [0.4, 0.5) is 11.6 Å². The molecule has 0 aliphatic heterocycles. The van der Waals surface area contributed by atoms with Gasteiger partial charge in [-0.05, 0) is 23.8 Å². The molecule has 2 N–H and O–H groups in total. The normalized spacial score (nSPS) is 10.3. The van der Waals surface area contributed by atoms with Gasteiger partial charge in [-0.2, -0.15) is 0 Å². The van der Waals surface area contributed by atoms with Crippen molar-refractivity contribution >= 4 is 40.7 Å². The fraction of sp³-hybridized carbons (Fsp3) is 0.0588. The molecule has 0 fully saturated rings. The highest BCUT2D eigenvalue weighted by molar-refractivity contribution is 6.40. The van der Waals surface area contributed by atoms with Crippen LogP contribution in [-0.4, -0.2) is 20.9 Å². The molecule has 0 spiro atoms. The molecule has 0 saturated heterocycles. The summed E-state index contributed by atoms with van der Waals surface area (Å²) < 4.78 is 0. The number of halogens is 2. The minimum atomic E-state index is -0.395. The Morgan fingerprint density at radius 1 is 1.00 bits per heavy atom. The Balaban J connectivity index is 1.64. The maximum atomic E-state index is 12.3. The second-order valence-electron chi connectivity index (χ2n) is 5.06. The molecule has 6 nitrogen and oxygen atoms in total. The maximum Gasteiger partial charge on any atom is 0.258 e. The van der Waals surface area contributed by atoms with Crippen LogP contribution >= 0.6 is 23.2 Å². The van der Waals surface area contributed by atoms with E-state index in [0.717, 1.165) is 5.56 Å². The zero-order valence-corrected chi connectivity index (χ0v) is 14.4. The van der Waals surface area contributed by atoms with E-state index in [4.69, 9.17) is 23.2 Å². The van der Waals surface area contributed by atoms with E-state index >= 15 is 0 Å². The lowest BCUT2D eigenvalue weighted by molar-refractivity contribution is 0.102. The smallest absolute Gasteiger partial charge is 0.258 e. The van der Waals surface area contributed by atoms with Crippen molar-refractivity contribution in [3.8, 4) is 0 Å². The minimum Gasteiger partial charge on any atom is -0.350 e. The average Bonchev–Trinajstić information content (AvgIpc) is 2.64. The Morgan fingerprint density at radius 3 is 2.36 bits per heavy atom. The van der Waals surface area contributed by atoms with E-state index in [-0.39, 0.29) is 0 Å². The number of nitrogens with one attached hydrogen (secondary N) is 2. The second kappa shape index (κ2) is 7.92. The SMILES string of the molecule is O=C(Nc1c(Cl)cccc1Cl)c1cnc(NCc2cccnc2)nc1. The zero-order chi connectivity index (χ0) is 17.6. The third-order valence-corrected chi connectivity index (χ3v) is 3.92. The van der Waals surface area contributed by atoms with Gasteiger partial charge in [0.15, 0.2) is 0 Å². The molecular formula is C17H13Cl2N5O. The number of anilines is 2. The molecular weight excluding hydrogens is 361 g/mol. The van der Waals surface area contributed by atoms with Crippen LogP contribution < -0.4 is 10.6 Å². The third-order valence-electron chi connectivity index (χ3n) is 3.29. The molecule has 2 aromatic heterocycles. The quantitative estimate of drug-likeness (QED) is 0.705. The van der Waals surface area contributed by atoms with E-state index in [1.165, 1.54) is 12.4 Å². The van der Waals surface area contributed by atoms with Gasteiger partial charge in [0, 0.05) is 31.3 Å². The van der Waals surface area contributed by atoms with E-state index in [1.807, 2.05) is 12.1 Å². The van der Waals surface area contributed by atoms with Crippen molar-refractivity contribution in [1.29, 1.82) is 0 Å². The summed E-state index contributed by atoms with van der Waals surface area (Å²) in [7, 11) is 0. The van der Waals surface area contributed by atoms with Gasteiger partial charge in [0.05, 0.1) is 21.3 Å². The first-order valence-electron chi connectivity index (χ1n) is 7.33. The number of aromatic nitrogens is 3. The first kappa shape index (κ1) is 17.1. The van der Waals surface area contributed by atoms with Crippen molar-refractivity contribution in [2.45, 2.75) is 6.54 Å². The summed E-state index contributed by atoms with van der Waals surface area (Å²) in [5, 5.41) is 6.44. The monoisotopic (exact) mass is 373 g/mol. The Morgan fingerprint density at radius 2 is 1.72 bits per heavy atom. The van der Waals surface area contributed by atoms with Crippen molar-refractivity contribution in [2.24, 2.45) is 0 Å². The summed E-state index contributed by atoms with van der Waals surface area (Å²) in [4.78, 5) is 24.6. The van der Waals surface area contributed by atoms with Gasteiger partial charge in [-0.25, -0.2) is 9.97 Å². The molecule has 0 saturated carbocycles. The lowest BCUT2D eigenvalue weighted by atomic mass is 10.2. The summed E-state index contributed by atoms with van der Waals surface area (Å²) in [6, 6.07) is 8.78. The van der Waals surface area contributed by atoms with E-state index in [9.17, 15) is 4.79 Å². The Labute approximate surface area is 154 Å². The van der Waals surface area contributed by atoms with Gasteiger partial charge in [0.2, 0.25) is 5.95 Å². The molecule has 0 radical (unpaired) electrons. The molecule has 8 heteroatoms. The molecule has 25 heavy (non-hydrogen) atoms. The van der Waals surface area contributed by atoms with Crippen LogP contribution in [0.1, 0.15) is 15.9 Å². The number of para-hydroxylation sites is 1. The van der Waals surface area contributed by atoms with E-state index in [1.54, 1.807) is 30.6 Å². The van der Waals surface area contributed by atoms with Gasteiger partial charge >= 0.3 is 0 Å². The first-order valence-corrected chi connectivity index (χ1v) is 8.09. The second-order valence-corrected chi connectivity index (χ2v) is 5.88. The van der Waals surface area contributed by atoms with Gasteiger partial charge in [-0.1, -0.05) is 35.3 Å². The zero-order valence-electron chi connectivity index (χ0n) is 12.9. The summed E-state index contributed by atoms with van der Waals surface area (Å²) in [5.41, 5.74) is 1.65. The number of rotatable bonds is 5. The van der Waals surface area contributed by atoms with Crippen LogP contribution in [0.25, 0.3) is 0 Å². The molecule has 1 amide bonds. The molecule has 126 valence electrons. The Hall–Kier alpha value is -2.70. The Bertz CT molecular complexity index is 852. The molecule has 1 aromatic carbocycles. The highest BCUT2D eigenvalue weighted by Gasteiger charge is 2.12. The highest BCUT2D eigenvalue weighted by Crippen LogP contribution is 2.30. The molecule has 3 aromatic rings. The van der Waals surface area contributed by atoms with E-state index in [0.29, 0.717) is 33.8 Å². The van der Waals surface area contributed by atoms with Crippen molar-refractivity contribution in [1.82, 2.24) is 15.0 Å². The summed E-state index contributed by atoms with van der Waals surface area (Å²) in [6.07, 6.45) is 6.32. The van der Waals surface area contributed by atoms with Crippen LogP contribution in [0.15, 0.2) is 55.1 Å². The summed E-state index contributed by atoms with van der Waals surface area (Å²) in [5.74, 6) is 0.0185. The number of nitrogens with zero attached hydrogens (tertiary/aromatic N) is 3. The van der Waals surface area contributed by atoms with Gasteiger partial charge in [0.1, 0.15) is 0 Å². The largest absolute Gasteiger partial charge is 0.350 e. The lowest BCUT2D eigenvalue weighted by Crippen LogP contribution is -2.14. The number of carbonyl (C=O) groups is 1. The van der Waals surface area contributed by atoms with E-state index in [2.05, 4.69) is 25.6 Å². The fourth-order valence-electron chi connectivity index (χ4n) is 2.02. The van der Waals surface area contributed by atoms with Crippen molar-refractivity contribution in [3.05, 3.63) is 76.3 Å². The average molecular weight is 374 g/mol. The maximum absolute atomic E-state index is 12.3. The van der Waals surface area contributed by atoms with Gasteiger partial charge < -0.3 is 10.6 Å². The molecule has 0 aliphatic carbocycles. The van der Waals surface area contributed by atoms with Crippen LogP contribution in [-0.2, 0) is 6.54 Å². The summed E-state index contributed by atoms with van der Waals surface area (Å²) in [6.45, 7) is 0.536. The lowest BCUT2D eigenvalue weighted by Gasteiger charge is -2.09. The fourth-order valence-corrected chi connectivity index (χ4v) is 2.52. The standard InChI is InChI=1S/C17H13Cl2N5O/c18-13-4-1-5-14(19)15(13)24-16(25)12-9-22-17(23-10-12)21-8-11-3-2-6-20-7-11/h1-7,9-10H,8H2,(H,24,25)(H,21,22,23).